The van der Waals surface area contributed by atoms with Gasteiger partial charge in [0.15, 0.2) is 11.5 Å². The van der Waals surface area contributed by atoms with Gasteiger partial charge in [0, 0.05) is 17.5 Å². The number of aromatic nitrogens is 2. The molecule has 0 radical (unpaired) electrons. The van der Waals surface area contributed by atoms with Gasteiger partial charge in [0.25, 0.3) is 5.56 Å². The Morgan fingerprint density at radius 1 is 1.25 bits per heavy atom. The monoisotopic (exact) mass is 401 g/mol. The quantitative estimate of drug-likeness (QED) is 0.587. The molecule has 8 heteroatoms. The van der Waals surface area contributed by atoms with Gasteiger partial charge in [-0.05, 0) is 24.1 Å². The Kier molecular flexibility index (Phi) is 6.30. The highest BCUT2D eigenvalue weighted by Gasteiger charge is 2.16. The van der Waals surface area contributed by atoms with Gasteiger partial charge in [0.1, 0.15) is 11.4 Å². The van der Waals surface area contributed by atoms with E-state index >= 15 is 0 Å². The number of ether oxygens (including phenoxy) is 2. The first kappa shape index (κ1) is 19.9. The van der Waals surface area contributed by atoms with Crippen LogP contribution in [-0.4, -0.2) is 36.2 Å². The summed E-state index contributed by atoms with van der Waals surface area (Å²) in [7, 11) is 3.14. The number of benzene rings is 1. The molecule has 148 valence electrons. The number of nitrogens with one attached hydrogen (secondary N) is 1. The van der Waals surface area contributed by atoms with E-state index in [-0.39, 0.29) is 18.0 Å². The van der Waals surface area contributed by atoms with Crippen molar-refractivity contribution >= 4 is 27.5 Å². The van der Waals surface area contributed by atoms with E-state index < -0.39 is 0 Å². The molecule has 0 spiro atoms. The lowest BCUT2D eigenvalue weighted by Gasteiger charge is -2.10. The Bertz CT molecular complexity index is 1040. The summed E-state index contributed by atoms with van der Waals surface area (Å²) < 4.78 is 12.0. The molecule has 0 saturated heterocycles. The topological polar surface area (TPSA) is 82.5 Å². The van der Waals surface area contributed by atoms with Crippen molar-refractivity contribution in [1.29, 1.82) is 0 Å². The number of thiophene rings is 1. The fraction of sp³-hybridized carbons (Fsp3) is 0.350. The van der Waals surface area contributed by atoms with Crippen molar-refractivity contribution in [3.8, 4) is 22.6 Å². The van der Waals surface area contributed by atoms with Crippen molar-refractivity contribution in [1.82, 2.24) is 14.9 Å². The first-order chi connectivity index (χ1) is 13.6. The number of methoxy groups -OCH3 is 2. The highest BCUT2D eigenvalue weighted by atomic mass is 32.1. The summed E-state index contributed by atoms with van der Waals surface area (Å²) in [5.74, 6) is 1.00. The van der Waals surface area contributed by atoms with Gasteiger partial charge in [0.2, 0.25) is 5.91 Å². The van der Waals surface area contributed by atoms with Gasteiger partial charge in [-0.3, -0.25) is 14.2 Å². The second-order valence-corrected chi connectivity index (χ2v) is 7.14. The second kappa shape index (κ2) is 8.88. The fourth-order valence-corrected chi connectivity index (χ4v) is 3.82. The lowest BCUT2D eigenvalue weighted by atomic mass is 10.1. The van der Waals surface area contributed by atoms with Gasteiger partial charge in [-0.25, -0.2) is 4.98 Å². The summed E-state index contributed by atoms with van der Waals surface area (Å²) >= 11 is 1.39. The van der Waals surface area contributed by atoms with Crippen LogP contribution in [0.1, 0.15) is 19.8 Å². The normalized spacial score (nSPS) is 10.8. The maximum absolute atomic E-state index is 13.0. The van der Waals surface area contributed by atoms with E-state index in [2.05, 4.69) is 17.2 Å². The molecule has 2 aromatic heterocycles. The Labute approximate surface area is 166 Å². The number of carbonyl (C=O) groups excluding carboxylic acids is 1. The molecular weight excluding hydrogens is 378 g/mol. The molecule has 0 fully saturated rings. The van der Waals surface area contributed by atoms with Crippen molar-refractivity contribution in [2.24, 2.45) is 0 Å². The van der Waals surface area contributed by atoms with Crippen molar-refractivity contribution < 1.29 is 14.3 Å². The average Bonchev–Trinajstić information content (AvgIpc) is 3.14. The smallest absolute Gasteiger partial charge is 0.263 e. The van der Waals surface area contributed by atoms with Gasteiger partial charge in [0.05, 0.1) is 25.9 Å². The van der Waals surface area contributed by atoms with E-state index in [1.54, 1.807) is 20.3 Å². The van der Waals surface area contributed by atoms with E-state index in [1.807, 2.05) is 17.5 Å². The number of carbonyl (C=O) groups is 1. The summed E-state index contributed by atoms with van der Waals surface area (Å²) in [5.41, 5.74) is 1.36. The maximum atomic E-state index is 13.0. The van der Waals surface area contributed by atoms with Gasteiger partial charge in [-0.15, -0.1) is 11.3 Å². The predicted molar refractivity (Wildman–Crippen MR) is 110 cm³/mol. The minimum atomic E-state index is -0.235. The number of amides is 1. The van der Waals surface area contributed by atoms with Crippen molar-refractivity contribution in [3.63, 3.8) is 0 Å². The van der Waals surface area contributed by atoms with Crippen molar-refractivity contribution in [3.05, 3.63) is 40.3 Å². The average molecular weight is 401 g/mol. The molecule has 0 bridgehead atoms. The van der Waals surface area contributed by atoms with Crippen LogP contribution in [0.3, 0.4) is 0 Å². The Hall–Kier alpha value is -2.87. The Morgan fingerprint density at radius 3 is 2.75 bits per heavy atom. The molecule has 3 rings (SSSR count). The molecule has 1 amide bonds. The fourth-order valence-electron chi connectivity index (χ4n) is 2.91. The molecule has 7 nitrogen and oxygen atoms in total. The van der Waals surface area contributed by atoms with Gasteiger partial charge >= 0.3 is 0 Å². The van der Waals surface area contributed by atoms with Crippen LogP contribution in [0.4, 0.5) is 0 Å². The van der Waals surface area contributed by atoms with Crippen LogP contribution in [-0.2, 0) is 11.3 Å². The lowest BCUT2D eigenvalue weighted by molar-refractivity contribution is -0.121. The zero-order valence-electron chi connectivity index (χ0n) is 16.2. The first-order valence-corrected chi connectivity index (χ1v) is 9.92. The van der Waals surface area contributed by atoms with Gasteiger partial charge in [-0.1, -0.05) is 19.4 Å². The van der Waals surface area contributed by atoms with Gasteiger partial charge < -0.3 is 14.8 Å². The third-order valence-electron chi connectivity index (χ3n) is 4.42. The second-order valence-electron chi connectivity index (χ2n) is 6.28. The number of rotatable bonds is 8. The van der Waals surface area contributed by atoms with Crippen LogP contribution in [0, 0.1) is 0 Å². The molecule has 0 aliphatic rings. The molecule has 1 N–H and O–H groups in total. The summed E-state index contributed by atoms with van der Waals surface area (Å²) in [6.45, 7) is 2.61. The molecule has 2 heterocycles. The summed E-state index contributed by atoms with van der Waals surface area (Å²) in [6, 6.07) is 5.50. The predicted octanol–water partition coefficient (Wildman–Crippen LogP) is 3.06. The molecule has 3 aromatic rings. The molecule has 1 aromatic carbocycles. The Morgan fingerprint density at radius 2 is 2.04 bits per heavy atom. The molecule has 0 aliphatic carbocycles. The largest absolute Gasteiger partial charge is 0.493 e. The summed E-state index contributed by atoms with van der Waals surface area (Å²) in [4.78, 5) is 30.1. The molecule has 0 aliphatic heterocycles. The van der Waals surface area contributed by atoms with Crippen LogP contribution in [0.5, 0.6) is 11.5 Å². The number of hydrogen-bond donors (Lipinski definition) is 1. The molecule has 0 unspecified atom stereocenters. The van der Waals surface area contributed by atoms with Gasteiger partial charge in [-0.2, -0.15) is 0 Å². The van der Waals surface area contributed by atoms with E-state index in [1.165, 1.54) is 22.2 Å². The van der Waals surface area contributed by atoms with Crippen LogP contribution in [0.15, 0.2) is 34.7 Å². The van der Waals surface area contributed by atoms with Crippen LogP contribution in [0.2, 0.25) is 0 Å². The summed E-state index contributed by atoms with van der Waals surface area (Å²) in [5, 5.41) is 5.22. The molecule has 0 atom stereocenters. The minimum Gasteiger partial charge on any atom is -0.493 e. The van der Waals surface area contributed by atoms with Crippen molar-refractivity contribution in [2.75, 3.05) is 20.8 Å². The molecule has 28 heavy (non-hydrogen) atoms. The third kappa shape index (κ3) is 4.01. The van der Waals surface area contributed by atoms with Crippen LogP contribution in [0.25, 0.3) is 21.3 Å². The SMILES string of the molecule is CCCCNC(=O)Cn1cnc2scc(-c3ccc(OC)c(OC)c3)c2c1=O. The maximum Gasteiger partial charge on any atom is 0.263 e. The van der Waals surface area contributed by atoms with E-state index in [4.69, 9.17) is 9.47 Å². The van der Waals surface area contributed by atoms with Crippen LogP contribution < -0.4 is 20.3 Å². The zero-order chi connectivity index (χ0) is 20.1. The van der Waals surface area contributed by atoms with Crippen LogP contribution >= 0.6 is 11.3 Å². The standard InChI is InChI=1S/C20H23N3O4S/c1-4-5-8-21-17(24)10-23-12-22-19-18(20(23)25)14(11-28-19)13-6-7-15(26-2)16(9-13)27-3/h6-7,9,11-12H,4-5,8,10H2,1-3H3,(H,21,24). The van der Waals surface area contributed by atoms with E-state index in [0.29, 0.717) is 28.3 Å². The van der Waals surface area contributed by atoms with Crippen molar-refractivity contribution in [2.45, 2.75) is 26.3 Å². The number of hydrogen-bond acceptors (Lipinski definition) is 6. The highest BCUT2D eigenvalue weighted by Crippen LogP contribution is 2.36. The lowest BCUT2D eigenvalue weighted by Crippen LogP contribution is -2.32. The minimum absolute atomic E-state index is 0.0489. The number of fused-ring (bicyclic) bond motifs is 1. The van der Waals surface area contributed by atoms with E-state index in [0.717, 1.165) is 24.0 Å². The molecule has 0 saturated carbocycles. The first-order valence-electron chi connectivity index (χ1n) is 9.04. The third-order valence-corrected chi connectivity index (χ3v) is 5.31. The summed E-state index contributed by atoms with van der Waals surface area (Å²) in [6.07, 6.45) is 3.34. The Balaban J connectivity index is 1.97. The number of unbranched alkanes of at least 4 members (excludes halogenated alkanes) is 1. The molecular formula is C20H23N3O4S. The van der Waals surface area contributed by atoms with E-state index in [9.17, 15) is 9.59 Å². The highest BCUT2D eigenvalue weighted by molar-refractivity contribution is 7.17. The zero-order valence-corrected chi connectivity index (χ0v) is 17.0. The number of nitrogens with zero attached hydrogens (tertiary/aromatic N) is 2.